The molecule has 1 aromatic carbocycles. The minimum atomic E-state index is -0.0360. The van der Waals surface area contributed by atoms with E-state index in [0.29, 0.717) is 17.4 Å². The van der Waals surface area contributed by atoms with Crippen LogP contribution in [0.1, 0.15) is 44.1 Å². The van der Waals surface area contributed by atoms with Crippen LogP contribution >= 0.6 is 0 Å². The van der Waals surface area contributed by atoms with Gasteiger partial charge in [0.2, 0.25) is 0 Å². The first kappa shape index (κ1) is 18.2. The molecule has 1 saturated heterocycles. The fourth-order valence-electron chi connectivity index (χ4n) is 2.91. The molecule has 1 aliphatic rings. The third-order valence-corrected chi connectivity index (χ3v) is 4.44. The van der Waals surface area contributed by atoms with Crippen molar-refractivity contribution in [3.8, 4) is 5.75 Å². The monoisotopic (exact) mass is 354 g/mol. The van der Waals surface area contributed by atoms with Crippen molar-refractivity contribution >= 4 is 17.4 Å². The first-order valence-corrected chi connectivity index (χ1v) is 9.16. The summed E-state index contributed by atoms with van der Waals surface area (Å²) in [6.07, 6.45) is 5.38. The number of amides is 1. The maximum Gasteiger partial charge on any atom is 0.274 e. The molecule has 0 atom stereocenters. The van der Waals surface area contributed by atoms with Gasteiger partial charge in [0.05, 0.1) is 18.5 Å². The molecule has 1 amide bonds. The lowest BCUT2D eigenvalue weighted by atomic mass is 9.99. The molecule has 2 heterocycles. The van der Waals surface area contributed by atoms with Crippen LogP contribution in [0.15, 0.2) is 36.7 Å². The van der Waals surface area contributed by atoms with Crippen molar-refractivity contribution in [1.29, 1.82) is 0 Å². The van der Waals surface area contributed by atoms with Crippen molar-refractivity contribution in [1.82, 2.24) is 14.9 Å². The van der Waals surface area contributed by atoms with Gasteiger partial charge in [-0.15, -0.1) is 0 Å². The standard InChI is InChI=1S/C20H26N4O2/c1-14(2)26-17-6-4-16(5-7-17)23-19-13-21-18(12-22-19)20(25)24-10-8-15(3)9-11-24/h4-7,12-15H,8-11H2,1-3H3,(H,22,23). The van der Waals surface area contributed by atoms with Gasteiger partial charge in [0.25, 0.3) is 5.91 Å². The second kappa shape index (κ2) is 8.17. The van der Waals surface area contributed by atoms with Gasteiger partial charge in [-0.2, -0.15) is 0 Å². The van der Waals surface area contributed by atoms with Gasteiger partial charge in [0.15, 0.2) is 0 Å². The van der Waals surface area contributed by atoms with E-state index in [1.807, 2.05) is 43.0 Å². The molecule has 0 aliphatic carbocycles. The summed E-state index contributed by atoms with van der Waals surface area (Å²) < 4.78 is 5.63. The number of nitrogens with zero attached hydrogens (tertiary/aromatic N) is 3. The molecule has 1 N–H and O–H groups in total. The molecule has 0 unspecified atom stereocenters. The maximum absolute atomic E-state index is 12.5. The number of benzene rings is 1. The number of piperidine rings is 1. The molecule has 3 rings (SSSR count). The van der Waals surface area contributed by atoms with Gasteiger partial charge >= 0.3 is 0 Å². The summed E-state index contributed by atoms with van der Waals surface area (Å²) in [5, 5.41) is 3.18. The molecule has 2 aromatic rings. The molecule has 0 radical (unpaired) electrons. The van der Waals surface area contributed by atoms with E-state index in [0.717, 1.165) is 37.4 Å². The number of ether oxygens (including phenoxy) is 1. The molecule has 1 aliphatic heterocycles. The Kier molecular flexibility index (Phi) is 5.71. The van der Waals surface area contributed by atoms with E-state index >= 15 is 0 Å². The number of nitrogens with one attached hydrogen (secondary N) is 1. The quantitative estimate of drug-likeness (QED) is 0.882. The molecule has 6 nitrogen and oxygen atoms in total. The van der Waals surface area contributed by atoms with Gasteiger partial charge in [-0.1, -0.05) is 6.92 Å². The second-order valence-electron chi connectivity index (χ2n) is 7.08. The third-order valence-electron chi connectivity index (χ3n) is 4.44. The Morgan fingerprint density at radius 2 is 1.85 bits per heavy atom. The van der Waals surface area contributed by atoms with Crippen molar-refractivity contribution in [2.75, 3.05) is 18.4 Å². The van der Waals surface area contributed by atoms with Crippen LogP contribution in [-0.4, -0.2) is 40.0 Å². The summed E-state index contributed by atoms with van der Waals surface area (Å²) in [6, 6.07) is 7.66. The van der Waals surface area contributed by atoms with Crippen LogP contribution in [0.25, 0.3) is 0 Å². The van der Waals surface area contributed by atoms with E-state index in [1.165, 1.54) is 0 Å². The molecular weight excluding hydrogens is 328 g/mol. The number of carbonyl (C=O) groups is 1. The summed E-state index contributed by atoms with van der Waals surface area (Å²) in [7, 11) is 0. The number of hydrogen-bond acceptors (Lipinski definition) is 5. The van der Waals surface area contributed by atoms with Crippen LogP contribution in [-0.2, 0) is 0 Å². The number of carbonyl (C=O) groups excluding carboxylic acids is 1. The van der Waals surface area contributed by atoms with Crippen LogP contribution in [0.3, 0.4) is 0 Å². The molecular formula is C20H26N4O2. The largest absolute Gasteiger partial charge is 0.491 e. The molecule has 6 heteroatoms. The molecule has 0 saturated carbocycles. The summed E-state index contributed by atoms with van der Waals surface area (Å²) in [6.45, 7) is 7.81. The van der Waals surface area contributed by atoms with Gasteiger partial charge in [-0.05, 0) is 56.9 Å². The van der Waals surface area contributed by atoms with Gasteiger partial charge in [-0.25, -0.2) is 9.97 Å². The van der Waals surface area contributed by atoms with Crippen LogP contribution in [0, 0.1) is 5.92 Å². The van der Waals surface area contributed by atoms with Crippen LogP contribution < -0.4 is 10.1 Å². The summed E-state index contributed by atoms with van der Waals surface area (Å²) in [5.74, 6) is 2.08. The number of aromatic nitrogens is 2. The van der Waals surface area contributed by atoms with Crippen LogP contribution in [0.5, 0.6) is 5.75 Å². The van der Waals surface area contributed by atoms with Crippen molar-refractivity contribution in [2.24, 2.45) is 5.92 Å². The Morgan fingerprint density at radius 3 is 2.42 bits per heavy atom. The number of anilines is 2. The predicted octanol–water partition coefficient (Wildman–Crippen LogP) is 3.88. The molecule has 138 valence electrons. The normalized spacial score (nSPS) is 15.2. The van der Waals surface area contributed by atoms with E-state index < -0.39 is 0 Å². The Balaban J connectivity index is 1.59. The van der Waals surface area contributed by atoms with E-state index in [-0.39, 0.29) is 12.0 Å². The topological polar surface area (TPSA) is 67.4 Å². The van der Waals surface area contributed by atoms with Crippen molar-refractivity contribution < 1.29 is 9.53 Å². The van der Waals surface area contributed by atoms with E-state index in [2.05, 4.69) is 22.2 Å². The average molecular weight is 354 g/mol. The minimum Gasteiger partial charge on any atom is -0.491 e. The average Bonchev–Trinajstić information content (AvgIpc) is 2.64. The molecule has 1 fully saturated rings. The fourth-order valence-corrected chi connectivity index (χ4v) is 2.91. The maximum atomic E-state index is 12.5. The number of rotatable bonds is 5. The lowest BCUT2D eigenvalue weighted by molar-refractivity contribution is 0.0691. The van der Waals surface area contributed by atoms with Crippen LogP contribution in [0.2, 0.25) is 0 Å². The highest BCUT2D eigenvalue weighted by molar-refractivity contribution is 5.92. The van der Waals surface area contributed by atoms with Crippen LogP contribution in [0.4, 0.5) is 11.5 Å². The van der Waals surface area contributed by atoms with Gasteiger partial charge in [0.1, 0.15) is 17.3 Å². The van der Waals surface area contributed by atoms with Crippen molar-refractivity contribution in [3.05, 3.63) is 42.4 Å². The first-order valence-electron chi connectivity index (χ1n) is 9.16. The summed E-state index contributed by atoms with van der Waals surface area (Å²) in [5.41, 5.74) is 1.28. The van der Waals surface area contributed by atoms with E-state index in [1.54, 1.807) is 12.4 Å². The van der Waals surface area contributed by atoms with Crippen molar-refractivity contribution in [2.45, 2.75) is 39.7 Å². The first-order chi connectivity index (χ1) is 12.5. The zero-order valence-electron chi connectivity index (χ0n) is 15.6. The molecule has 26 heavy (non-hydrogen) atoms. The van der Waals surface area contributed by atoms with E-state index in [4.69, 9.17) is 4.74 Å². The molecule has 1 aromatic heterocycles. The third kappa shape index (κ3) is 4.71. The second-order valence-corrected chi connectivity index (χ2v) is 7.08. The Bertz CT molecular complexity index is 720. The van der Waals surface area contributed by atoms with E-state index in [9.17, 15) is 4.79 Å². The van der Waals surface area contributed by atoms with Gasteiger partial charge in [0, 0.05) is 18.8 Å². The highest BCUT2D eigenvalue weighted by Crippen LogP contribution is 2.20. The summed E-state index contributed by atoms with van der Waals surface area (Å²) in [4.78, 5) is 23.0. The lowest BCUT2D eigenvalue weighted by Crippen LogP contribution is -2.38. The number of likely N-dealkylation sites (tertiary alicyclic amines) is 1. The highest BCUT2D eigenvalue weighted by atomic mass is 16.5. The molecule has 0 spiro atoms. The SMILES string of the molecule is CC1CCN(C(=O)c2cnc(Nc3ccc(OC(C)C)cc3)cn2)CC1. The van der Waals surface area contributed by atoms with Crippen molar-refractivity contribution in [3.63, 3.8) is 0 Å². The predicted molar refractivity (Wildman–Crippen MR) is 102 cm³/mol. The smallest absolute Gasteiger partial charge is 0.274 e. The zero-order chi connectivity index (χ0) is 18.5. The Hall–Kier alpha value is -2.63. The summed E-state index contributed by atoms with van der Waals surface area (Å²) >= 11 is 0. The minimum absolute atomic E-state index is 0.0360. The molecule has 0 bridgehead atoms. The highest BCUT2D eigenvalue weighted by Gasteiger charge is 2.22. The van der Waals surface area contributed by atoms with Gasteiger partial charge < -0.3 is 15.0 Å². The lowest BCUT2D eigenvalue weighted by Gasteiger charge is -2.29. The Labute approximate surface area is 154 Å². The fraction of sp³-hybridized carbons (Fsp3) is 0.450. The zero-order valence-corrected chi connectivity index (χ0v) is 15.6. The van der Waals surface area contributed by atoms with Gasteiger partial charge in [-0.3, -0.25) is 4.79 Å². The Morgan fingerprint density at radius 1 is 1.15 bits per heavy atom. The number of hydrogen-bond donors (Lipinski definition) is 1.